The number of rotatable bonds is 11. The molecule has 180 valence electrons. The van der Waals surface area contributed by atoms with Crippen molar-refractivity contribution in [1.29, 1.82) is 0 Å². The van der Waals surface area contributed by atoms with E-state index in [-0.39, 0.29) is 29.6 Å². The van der Waals surface area contributed by atoms with Gasteiger partial charge >= 0.3 is 0 Å². The molecule has 2 aromatic rings. The molecule has 0 aliphatic heterocycles. The molecule has 0 aromatic heterocycles. The van der Waals surface area contributed by atoms with Gasteiger partial charge in [0.05, 0.1) is 17.1 Å². The van der Waals surface area contributed by atoms with Crippen molar-refractivity contribution in [3.8, 4) is 23.3 Å². The molecule has 11 heteroatoms. The molecular formula is C22H28ClN3O6S. The molecule has 0 fully saturated rings. The van der Waals surface area contributed by atoms with Crippen molar-refractivity contribution in [1.82, 2.24) is 9.62 Å². The molecule has 0 saturated heterocycles. The van der Waals surface area contributed by atoms with Gasteiger partial charge < -0.3 is 14.4 Å². The fourth-order valence-corrected chi connectivity index (χ4v) is 3.37. The number of sulfonamides is 1. The number of ether oxygens (including phenoxy) is 2. The highest BCUT2D eigenvalue weighted by atomic mass is 35.5. The summed E-state index contributed by atoms with van der Waals surface area (Å²) in [6, 6.07) is 11.9. The molecule has 0 spiro atoms. The Morgan fingerprint density at radius 3 is 2.18 bits per heavy atom. The Morgan fingerprint density at radius 1 is 1.03 bits per heavy atom. The summed E-state index contributed by atoms with van der Waals surface area (Å²) in [5, 5.41) is 10.5. The Morgan fingerprint density at radius 2 is 1.61 bits per heavy atom. The van der Waals surface area contributed by atoms with Crippen LogP contribution in [0.2, 0.25) is 0 Å². The summed E-state index contributed by atoms with van der Waals surface area (Å²) in [6.07, 6.45) is 0. The molecule has 0 aliphatic rings. The number of halogens is 1. The number of hydrogen-bond acceptors (Lipinski definition) is 7. The summed E-state index contributed by atoms with van der Waals surface area (Å²) >= 11 is 0. The number of likely N-dealkylation sites (N-methyl/N-ethyl adjacent to an activating group) is 1. The van der Waals surface area contributed by atoms with E-state index < -0.39 is 22.5 Å². The summed E-state index contributed by atoms with van der Waals surface area (Å²) in [4.78, 5) is 14.2. The monoisotopic (exact) mass is 497 g/mol. The number of hydrogen-bond donors (Lipinski definition) is 2. The normalized spacial score (nSPS) is 10.6. The minimum absolute atomic E-state index is 0. The zero-order valence-corrected chi connectivity index (χ0v) is 20.3. The number of carbonyl (C=O) groups excluding carboxylic acids is 1. The van der Waals surface area contributed by atoms with Crippen molar-refractivity contribution in [3.05, 3.63) is 48.5 Å². The smallest absolute Gasteiger partial charge is 0.265 e. The molecule has 0 aliphatic carbocycles. The van der Waals surface area contributed by atoms with Gasteiger partial charge in [0.25, 0.3) is 5.91 Å². The molecule has 0 heterocycles. The number of nitrogens with zero attached hydrogens (tertiary/aromatic N) is 2. The number of carbonyl (C=O) groups is 1. The van der Waals surface area contributed by atoms with Crippen LogP contribution in [0, 0.1) is 11.8 Å². The molecule has 9 nitrogen and oxygen atoms in total. The predicted molar refractivity (Wildman–Crippen MR) is 128 cm³/mol. The molecular weight excluding hydrogens is 470 g/mol. The standard InChI is InChI=1S/C22H27N3O6S.ClH/c1-4-5-15-30-20-10-12-21(13-11-20)32(28,29)23-17-22(26)25(27)18-6-8-19(9-7-18)31-16-14-24(2)3;/h6-13,23,27H,14-17H2,1-3H3;1H. The van der Waals surface area contributed by atoms with E-state index in [0.717, 1.165) is 6.54 Å². The molecule has 2 aromatic carbocycles. The Hall–Kier alpha value is -2.81. The molecule has 1 amide bonds. The van der Waals surface area contributed by atoms with Crippen LogP contribution in [-0.2, 0) is 14.8 Å². The van der Waals surface area contributed by atoms with Crippen molar-refractivity contribution in [3.63, 3.8) is 0 Å². The third kappa shape index (κ3) is 9.29. The molecule has 2 rings (SSSR count). The summed E-state index contributed by atoms with van der Waals surface area (Å²) in [6.45, 7) is 2.51. The quantitative estimate of drug-likeness (QED) is 0.278. The zero-order chi connectivity index (χ0) is 23.6. The summed E-state index contributed by atoms with van der Waals surface area (Å²) in [5.74, 6) is 5.65. The molecule has 2 N–H and O–H groups in total. The van der Waals surface area contributed by atoms with Gasteiger partial charge in [-0.1, -0.05) is 5.92 Å². The maximum atomic E-state index is 12.4. The average Bonchev–Trinajstić information content (AvgIpc) is 2.78. The van der Waals surface area contributed by atoms with Crippen molar-refractivity contribution in [2.45, 2.75) is 11.8 Å². The van der Waals surface area contributed by atoms with Crippen LogP contribution in [0.3, 0.4) is 0 Å². The van der Waals surface area contributed by atoms with Gasteiger partial charge in [0.2, 0.25) is 10.0 Å². The van der Waals surface area contributed by atoms with Gasteiger partial charge in [0.15, 0.2) is 0 Å². The lowest BCUT2D eigenvalue weighted by Crippen LogP contribution is -2.38. The van der Waals surface area contributed by atoms with E-state index in [1.165, 1.54) is 36.4 Å². The van der Waals surface area contributed by atoms with Crippen LogP contribution in [0.5, 0.6) is 11.5 Å². The van der Waals surface area contributed by atoms with Crippen LogP contribution in [0.25, 0.3) is 0 Å². The first kappa shape index (κ1) is 28.2. The SMILES string of the molecule is CC#CCOc1ccc(S(=O)(=O)NCC(=O)N(O)c2ccc(OCCN(C)C)cc2)cc1.Cl. The lowest BCUT2D eigenvalue weighted by molar-refractivity contribution is -0.122. The summed E-state index contributed by atoms with van der Waals surface area (Å²) in [7, 11) is -0.0848. The Balaban J connectivity index is 0.00000544. The van der Waals surface area contributed by atoms with Crippen LogP contribution >= 0.6 is 12.4 Å². The van der Waals surface area contributed by atoms with Crippen LogP contribution in [0.1, 0.15) is 6.92 Å². The predicted octanol–water partition coefficient (Wildman–Crippen LogP) is 2.15. The van der Waals surface area contributed by atoms with E-state index in [0.29, 0.717) is 23.2 Å². The molecule has 0 bridgehead atoms. The molecule has 0 unspecified atom stereocenters. The van der Waals surface area contributed by atoms with E-state index in [1.807, 2.05) is 19.0 Å². The second-order valence-corrected chi connectivity index (χ2v) is 8.63. The first-order chi connectivity index (χ1) is 15.2. The van der Waals surface area contributed by atoms with E-state index in [1.54, 1.807) is 19.1 Å². The molecule has 33 heavy (non-hydrogen) atoms. The second-order valence-electron chi connectivity index (χ2n) is 6.86. The highest BCUT2D eigenvalue weighted by molar-refractivity contribution is 7.89. The van der Waals surface area contributed by atoms with Crippen molar-refractivity contribution < 1.29 is 27.9 Å². The molecule has 0 radical (unpaired) electrons. The third-order valence-electron chi connectivity index (χ3n) is 4.16. The van der Waals surface area contributed by atoms with Crippen LogP contribution in [0.15, 0.2) is 53.4 Å². The highest BCUT2D eigenvalue weighted by Gasteiger charge is 2.19. The highest BCUT2D eigenvalue weighted by Crippen LogP contribution is 2.19. The van der Waals surface area contributed by atoms with E-state index in [9.17, 15) is 18.4 Å². The van der Waals surface area contributed by atoms with E-state index in [4.69, 9.17) is 9.47 Å². The Kier molecular flexibility index (Phi) is 11.7. The fourth-order valence-electron chi connectivity index (χ4n) is 2.40. The summed E-state index contributed by atoms with van der Waals surface area (Å²) in [5.41, 5.74) is 0.186. The Bertz CT molecular complexity index is 1050. The van der Waals surface area contributed by atoms with Crippen LogP contribution in [0.4, 0.5) is 5.69 Å². The van der Waals surface area contributed by atoms with E-state index in [2.05, 4.69) is 16.6 Å². The first-order valence-electron chi connectivity index (χ1n) is 9.74. The minimum Gasteiger partial charge on any atom is -0.492 e. The number of benzene rings is 2. The molecule has 0 atom stereocenters. The van der Waals surface area contributed by atoms with Crippen molar-refractivity contribution >= 4 is 34.0 Å². The van der Waals surface area contributed by atoms with Gasteiger partial charge in [-0.2, -0.15) is 5.06 Å². The van der Waals surface area contributed by atoms with Gasteiger partial charge in [0.1, 0.15) is 24.7 Å². The topological polar surface area (TPSA) is 108 Å². The van der Waals surface area contributed by atoms with Gasteiger partial charge in [-0.3, -0.25) is 10.0 Å². The van der Waals surface area contributed by atoms with Crippen molar-refractivity contribution in [2.75, 3.05) is 45.5 Å². The number of nitrogens with one attached hydrogen (secondary N) is 1. The number of hydroxylamine groups is 1. The van der Waals surface area contributed by atoms with Gasteiger partial charge in [-0.25, -0.2) is 13.1 Å². The average molecular weight is 498 g/mol. The largest absolute Gasteiger partial charge is 0.492 e. The maximum Gasteiger partial charge on any atom is 0.265 e. The van der Waals surface area contributed by atoms with Gasteiger partial charge in [-0.15, -0.1) is 18.3 Å². The number of amides is 1. The van der Waals surface area contributed by atoms with Gasteiger partial charge in [-0.05, 0) is 69.6 Å². The summed E-state index contributed by atoms with van der Waals surface area (Å²) < 4.78 is 37.9. The molecule has 0 saturated carbocycles. The lowest BCUT2D eigenvalue weighted by atomic mass is 10.3. The lowest BCUT2D eigenvalue weighted by Gasteiger charge is -2.16. The Labute approximate surface area is 200 Å². The maximum absolute atomic E-state index is 12.4. The number of anilines is 1. The van der Waals surface area contributed by atoms with Crippen LogP contribution < -0.4 is 19.3 Å². The minimum atomic E-state index is -3.95. The van der Waals surface area contributed by atoms with Crippen LogP contribution in [-0.4, -0.2) is 64.8 Å². The second kappa shape index (κ2) is 13.7. The fraction of sp³-hybridized carbons (Fsp3) is 0.318. The zero-order valence-electron chi connectivity index (χ0n) is 18.6. The van der Waals surface area contributed by atoms with Gasteiger partial charge in [0, 0.05) is 6.54 Å². The van der Waals surface area contributed by atoms with E-state index >= 15 is 0 Å². The van der Waals surface area contributed by atoms with Crippen molar-refractivity contribution in [2.24, 2.45) is 0 Å². The first-order valence-corrected chi connectivity index (χ1v) is 11.2. The third-order valence-corrected chi connectivity index (χ3v) is 5.58.